The molecule has 4 rings (SSSR count). The molecule has 32 heavy (non-hydrogen) atoms. The van der Waals surface area contributed by atoms with E-state index >= 15 is 0 Å². The highest BCUT2D eigenvalue weighted by molar-refractivity contribution is 6.03. The lowest BCUT2D eigenvalue weighted by Crippen LogP contribution is -2.33. The van der Waals surface area contributed by atoms with Crippen LogP contribution in [0.25, 0.3) is 11.0 Å². The third-order valence-electron chi connectivity index (χ3n) is 4.55. The van der Waals surface area contributed by atoms with Gasteiger partial charge in [0.25, 0.3) is 5.91 Å². The van der Waals surface area contributed by atoms with Gasteiger partial charge in [-0.3, -0.25) is 14.7 Å². The van der Waals surface area contributed by atoms with Gasteiger partial charge in [-0.2, -0.15) is 27.1 Å². The van der Waals surface area contributed by atoms with Gasteiger partial charge in [0.1, 0.15) is 11.4 Å². The molecule has 3 heterocycles. The summed E-state index contributed by atoms with van der Waals surface area (Å²) in [5.74, 6) is -5.24. The second-order valence-corrected chi connectivity index (χ2v) is 6.65. The molecule has 0 aliphatic carbocycles. The molecule has 13 heteroatoms. The van der Waals surface area contributed by atoms with Gasteiger partial charge in [-0.1, -0.05) is 12.1 Å². The Kier molecular flexibility index (Phi) is 6.01. The van der Waals surface area contributed by atoms with Gasteiger partial charge in [-0.15, -0.1) is 0 Å². The molecule has 0 spiro atoms. The fraction of sp³-hybridized carbons (Fsp3) is 0.263. The molecule has 0 saturated heterocycles. The number of aromatic amines is 1. The van der Waals surface area contributed by atoms with Crippen LogP contribution in [0.1, 0.15) is 22.5 Å². The average molecular weight is 457 g/mol. The smallest absolute Gasteiger partial charge is 0.458 e. The number of anilines is 1. The molecule has 0 saturated carbocycles. The van der Waals surface area contributed by atoms with Crippen molar-refractivity contribution >= 4 is 28.5 Å². The van der Waals surface area contributed by atoms with Crippen LogP contribution in [0, 0.1) is 0 Å². The van der Waals surface area contributed by atoms with Crippen molar-refractivity contribution in [3.8, 4) is 5.75 Å². The fourth-order valence-electron chi connectivity index (χ4n) is 2.83. The van der Waals surface area contributed by atoms with E-state index in [-0.39, 0.29) is 22.6 Å². The van der Waals surface area contributed by atoms with E-state index in [2.05, 4.69) is 15.2 Å². The fourth-order valence-corrected chi connectivity index (χ4v) is 2.83. The molecule has 2 aromatic heterocycles. The largest absolute Gasteiger partial charge is 0.491 e. The second kappa shape index (κ2) is 8.40. The van der Waals surface area contributed by atoms with Gasteiger partial charge in [-0.25, -0.2) is 4.98 Å². The summed E-state index contributed by atoms with van der Waals surface area (Å²) in [6, 6.07) is 8.06. The third-order valence-corrected chi connectivity index (χ3v) is 4.55. The maximum absolute atomic E-state index is 13.1. The van der Waals surface area contributed by atoms with Gasteiger partial charge < -0.3 is 15.4 Å². The standard InChI is InChI=1S/C10H11NO2.C9H5F5N4O/c1-11-8-4-2-3-5-9(8)13-7-6-10(11)12;10-8(11,9(12,13)14)3-1-4-5(6(15)19)17-18-7(4)16-2-3/h2-5H,6-7H2,1H3;1-2H,(H2,15,19)(H,16,17,18). The molecule has 1 aliphatic rings. The molecule has 0 bridgehead atoms. The number of hydrogen-bond acceptors (Lipinski definition) is 5. The summed E-state index contributed by atoms with van der Waals surface area (Å²) in [4.78, 5) is 27.3. The molecule has 1 aromatic carbocycles. The molecule has 1 aliphatic heterocycles. The van der Waals surface area contributed by atoms with E-state index < -0.39 is 23.6 Å². The lowest BCUT2D eigenvalue weighted by atomic mass is 10.1. The maximum Gasteiger partial charge on any atom is 0.458 e. The summed E-state index contributed by atoms with van der Waals surface area (Å²) in [5, 5.41) is 5.28. The monoisotopic (exact) mass is 457 g/mol. The van der Waals surface area contributed by atoms with Gasteiger partial charge >= 0.3 is 12.1 Å². The van der Waals surface area contributed by atoms with Crippen LogP contribution in [-0.4, -0.2) is 46.8 Å². The van der Waals surface area contributed by atoms with Crippen molar-refractivity contribution in [1.82, 2.24) is 15.2 Å². The molecule has 0 unspecified atom stereocenters. The van der Waals surface area contributed by atoms with Gasteiger partial charge in [0.15, 0.2) is 5.65 Å². The highest BCUT2D eigenvalue weighted by Crippen LogP contribution is 2.44. The van der Waals surface area contributed by atoms with E-state index in [1.807, 2.05) is 24.3 Å². The molecular weight excluding hydrogens is 441 g/mol. The predicted molar refractivity (Wildman–Crippen MR) is 102 cm³/mol. The van der Waals surface area contributed by atoms with Crippen LogP contribution in [-0.2, 0) is 10.7 Å². The van der Waals surface area contributed by atoms with E-state index in [1.165, 1.54) is 0 Å². The number of hydrogen-bond donors (Lipinski definition) is 2. The van der Waals surface area contributed by atoms with Crippen molar-refractivity contribution in [2.45, 2.75) is 18.5 Å². The third kappa shape index (κ3) is 4.31. The van der Waals surface area contributed by atoms with E-state index in [0.717, 1.165) is 11.4 Å². The number of nitrogens with one attached hydrogen (secondary N) is 1. The maximum atomic E-state index is 13.1. The summed E-state index contributed by atoms with van der Waals surface area (Å²) in [5.41, 5.74) is 3.81. The summed E-state index contributed by atoms with van der Waals surface area (Å²) in [6.07, 6.45) is -4.97. The Hall–Kier alpha value is -3.77. The van der Waals surface area contributed by atoms with Crippen LogP contribution in [0.5, 0.6) is 5.75 Å². The van der Waals surface area contributed by atoms with Gasteiger partial charge in [-0.05, 0) is 18.2 Å². The van der Waals surface area contributed by atoms with E-state index in [0.29, 0.717) is 25.3 Å². The molecule has 8 nitrogen and oxygen atoms in total. The number of amides is 2. The zero-order chi connectivity index (χ0) is 23.7. The summed E-state index contributed by atoms with van der Waals surface area (Å²) >= 11 is 0. The highest BCUT2D eigenvalue weighted by Gasteiger charge is 2.59. The number of benzene rings is 1. The number of pyridine rings is 1. The summed E-state index contributed by atoms with van der Waals surface area (Å²) < 4.78 is 68.3. The Labute approximate surface area is 177 Å². The Morgan fingerprint density at radius 2 is 1.91 bits per heavy atom. The molecule has 0 fully saturated rings. The summed E-state index contributed by atoms with van der Waals surface area (Å²) in [6.45, 7) is 0.472. The first-order chi connectivity index (χ1) is 14.9. The van der Waals surface area contributed by atoms with E-state index in [9.17, 15) is 31.5 Å². The quantitative estimate of drug-likeness (QED) is 0.574. The average Bonchev–Trinajstić information content (AvgIpc) is 3.10. The zero-order valence-electron chi connectivity index (χ0n) is 16.4. The Bertz CT molecular complexity index is 1160. The van der Waals surface area contributed by atoms with Crippen molar-refractivity contribution in [2.24, 2.45) is 5.73 Å². The van der Waals surface area contributed by atoms with E-state index in [4.69, 9.17) is 10.5 Å². The molecule has 0 radical (unpaired) electrons. The number of carbonyl (C=O) groups is 2. The Morgan fingerprint density at radius 1 is 1.22 bits per heavy atom. The van der Waals surface area contributed by atoms with Crippen molar-refractivity contribution in [1.29, 1.82) is 0 Å². The van der Waals surface area contributed by atoms with Crippen molar-refractivity contribution in [2.75, 3.05) is 18.6 Å². The number of nitrogens with zero attached hydrogens (tertiary/aromatic N) is 3. The SMILES string of the molecule is CN1C(=O)CCOc2ccccc21.NC(=O)c1[nH]nc2ncc(C(F)(F)C(F)(F)F)cc12. The minimum atomic E-state index is -5.76. The van der Waals surface area contributed by atoms with Gasteiger partial charge in [0.05, 0.1) is 24.1 Å². The number of nitrogens with two attached hydrogens (primary N) is 1. The molecule has 0 atom stereocenters. The normalized spacial score (nSPS) is 14.2. The first-order valence-electron chi connectivity index (χ1n) is 9.01. The number of aromatic nitrogens is 3. The van der Waals surface area contributed by atoms with Crippen LogP contribution in [0.4, 0.5) is 27.6 Å². The second-order valence-electron chi connectivity index (χ2n) is 6.65. The first-order valence-corrected chi connectivity index (χ1v) is 9.01. The molecule has 3 N–H and O–H groups in total. The number of fused-ring (bicyclic) bond motifs is 2. The summed E-state index contributed by atoms with van der Waals surface area (Å²) in [7, 11) is 1.77. The lowest BCUT2D eigenvalue weighted by molar-refractivity contribution is -0.289. The van der Waals surface area contributed by atoms with Crippen LogP contribution >= 0.6 is 0 Å². The van der Waals surface area contributed by atoms with E-state index in [1.54, 1.807) is 11.9 Å². The molecule has 2 amide bonds. The number of rotatable bonds is 2. The van der Waals surface area contributed by atoms with Crippen LogP contribution in [0.3, 0.4) is 0 Å². The lowest BCUT2D eigenvalue weighted by Gasteiger charge is -2.19. The number of primary amides is 1. The number of H-pyrrole nitrogens is 1. The van der Waals surface area contributed by atoms with Crippen LogP contribution in [0.15, 0.2) is 36.5 Å². The molecular formula is C19H16F5N5O3. The van der Waals surface area contributed by atoms with Crippen LogP contribution < -0.4 is 15.4 Å². The number of carbonyl (C=O) groups excluding carboxylic acids is 2. The van der Waals surface area contributed by atoms with Crippen molar-refractivity contribution < 1.29 is 36.3 Å². The van der Waals surface area contributed by atoms with Gasteiger partial charge in [0.2, 0.25) is 5.91 Å². The van der Waals surface area contributed by atoms with Gasteiger partial charge in [0, 0.05) is 18.8 Å². The number of alkyl halides is 5. The number of para-hydroxylation sites is 2. The number of halogens is 5. The topological polar surface area (TPSA) is 114 Å². The first kappa shape index (κ1) is 22.9. The molecule has 170 valence electrons. The van der Waals surface area contributed by atoms with Crippen molar-refractivity contribution in [3.05, 3.63) is 47.8 Å². The number of ether oxygens (including phenoxy) is 1. The van der Waals surface area contributed by atoms with Crippen LogP contribution in [0.2, 0.25) is 0 Å². The predicted octanol–water partition coefficient (Wildman–Crippen LogP) is 3.14. The minimum absolute atomic E-state index is 0.102. The minimum Gasteiger partial charge on any atom is -0.491 e. The Morgan fingerprint density at radius 3 is 2.56 bits per heavy atom. The highest BCUT2D eigenvalue weighted by atomic mass is 19.4. The Balaban J connectivity index is 0.000000193. The molecule has 3 aromatic rings. The zero-order valence-corrected chi connectivity index (χ0v) is 16.4. The van der Waals surface area contributed by atoms with Crippen molar-refractivity contribution in [3.63, 3.8) is 0 Å².